The van der Waals surface area contributed by atoms with E-state index in [1.165, 1.54) is 0 Å². The molecule has 1 N–H and O–H groups in total. The molecule has 2 heterocycles. The molecule has 1 aromatic carbocycles. The number of hydrogen-bond donors (Lipinski definition) is 2. The molecule has 0 fully saturated rings. The second-order valence-corrected chi connectivity index (χ2v) is 6.31. The first-order valence-electron chi connectivity index (χ1n) is 6.65. The van der Waals surface area contributed by atoms with Gasteiger partial charge in [-0.2, -0.15) is 5.26 Å². The first-order chi connectivity index (χ1) is 10.6. The summed E-state index contributed by atoms with van der Waals surface area (Å²) in [7, 11) is 0. The maximum absolute atomic E-state index is 12.1. The van der Waals surface area contributed by atoms with Crippen LogP contribution in [0, 0.1) is 18.3 Å². The number of hydrogen-bond acceptors (Lipinski definition) is 5. The van der Waals surface area contributed by atoms with E-state index in [1.807, 2.05) is 59.7 Å². The first kappa shape index (κ1) is 14.7. The minimum Gasteiger partial charge on any atom is -0.326 e. The summed E-state index contributed by atoms with van der Waals surface area (Å²) in [5.74, 6) is -0.394. The van der Waals surface area contributed by atoms with E-state index in [9.17, 15) is 10.1 Å². The average Bonchev–Trinajstić information content (AvgIpc) is 3.03. The van der Waals surface area contributed by atoms with Crippen LogP contribution in [0.1, 0.15) is 16.6 Å². The van der Waals surface area contributed by atoms with Crippen molar-refractivity contribution in [2.24, 2.45) is 0 Å². The lowest BCUT2D eigenvalue weighted by Gasteiger charge is -2.37. The molecule has 1 aliphatic heterocycles. The molecule has 1 aromatic heterocycles. The zero-order chi connectivity index (χ0) is 15.7. The van der Waals surface area contributed by atoms with Crippen LogP contribution >= 0.6 is 24.0 Å². The number of amides is 1. The molecule has 0 saturated heterocycles. The third-order valence-corrected chi connectivity index (χ3v) is 4.81. The monoisotopic (exact) mass is 327 g/mol. The predicted octanol–water partition coefficient (Wildman–Crippen LogP) is 3.36. The van der Waals surface area contributed by atoms with Gasteiger partial charge < -0.3 is 10.2 Å². The molecule has 0 spiro atoms. The molecule has 0 unspecified atom stereocenters. The summed E-state index contributed by atoms with van der Waals surface area (Å²) < 4.78 is 0. The fourth-order valence-electron chi connectivity index (χ4n) is 2.33. The van der Waals surface area contributed by atoms with Gasteiger partial charge in [0, 0.05) is 10.6 Å². The highest BCUT2D eigenvalue weighted by Gasteiger charge is 2.34. The SMILES string of the molecule is Cc1ccc(N2C(S)=C(C#N)C(=O)N[C@H]2c2cccs2)cc1. The van der Waals surface area contributed by atoms with Crippen molar-refractivity contribution in [1.82, 2.24) is 5.32 Å². The molecule has 0 bridgehead atoms. The van der Waals surface area contributed by atoms with E-state index in [0.717, 1.165) is 16.1 Å². The van der Waals surface area contributed by atoms with Crippen LogP contribution in [0.15, 0.2) is 52.4 Å². The molecule has 0 radical (unpaired) electrons. The molecule has 2 aromatic rings. The van der Waals surface area contributed by atoms with Crippen molar-refractivity contribution in [2.45, 2.75) is 13.1 Å². The topological polar surface area (TPSA) is 56.1 Å². The minimum atomic E-state index is -0.394. The Kier molecular flexibility index (Phi) is 3.92. The highest BCUT2D eigenvalue weighted by Crippen LogP contribution is 2.37. The summed E-state index contributed by atoms with van der Waals surface area (Å²) >= 11 is 5.99. The van der Waals surface area contributed by atoms with Crippen LogP contribution < -0.4 is 10.2 Å². The van der Waals surface area contributed by atoms with Crippen molar-refractivity contribution < 1.29 is 4.79 Å². The molecule has 22 heavy (non-hydrogen) atoms. The van der Waals surface area contributed by atoms with Gasteiger partial charge in [0.2, 0.25) is 0 Å². The fraction of sp³-hybridized carbons (Fsp3) is 0.125. The zero-order valence-electron chi connectivity index (χ0n) is 11.8. The molecule has 4 nitrogen and oxygen atoms in total. The smallest absolute Gasteiger partial charge is 0.266 e. The lowest BCUT2D eigenvalue weighted by Crippen LogP contribution is -2.45. The van der Waals surface area contributed by atoms with Gasteiger partial charge in [-0.15, -0.1) is 24.0 Å². The molecular weight excluding hydrogens is 314 g/mol. The van der Waals surface area contributed by atoms with Crippen LogP contribution in [0.3, 0.4) is 0 Å². The molecule has 1 aliphatic rings. The molecule has 6 heteroatoms. The van der Waals surface area contributed by atoms with E-state index < -0.39 is 5.91 Å². The number of carbonyl (C=O) groups excluding carboxylic acids is 1. The fourth-order valence-corrected chi connectivity index (χ4v) is 3.48. The van der Waals surface area contributed by atoms with Gasteiger partial charge in [-0.1, -0.05) is 23.8 Å². The summed E-state index contributed by atoms with van der Waals surface area (Å²) in [6, 6.07) is 13.7. The molecule has 1 atom stereocenters. The number of nitrogens with one attached hydrogen (secondary N) is 1. The van der Waals surface area contributed by atoms with Crippen molar-refractivity contribution in [1.29, 1.82) is 5.26 Å². The van der Waals surface area contributed by atoms with Gasteiger partial charge in [0.15, 0.2) is 0 Å². The van der Waals surface area contributed by atoms with Gasteiger partial charge >= 0.3 is 0 Å². The van der Waals surface area contributed by atoms with Crippen molar-refractivity contribution in [3.8, 4) is 6.07 Å². The molecule has 0 saturated carbocycles. The van der Waals surface area contributed by atoms with Crippen LogP contribution in [-0.4, -0.2) is 5.91 Å². The van der Waals surface area contributed by atoms with E-state index in [-0.39, 0.29) is 11.7 Å². The van der Waals surface area contributed by atoms with Gasteiger partial charge in [-0.05, 0) is 30.5 Å². The van der Waals surface area contributed by atoms with Gasteiger partial charge in [-0.3, -0.25) is 4.79 Å². The summed E-state index contributed by atoms with van der Waals surface area (Å²) in [4.78, 5) is 15.0. The molecular formula is C16H13N3OS2. The zero-order valence-corrected chi connectivity index (χ0v) is 13.5. The van der Waals surface area contributed by atoms with Crippen LogP contribution in [0.2, 0.25) is 0 Å². The Morgan fingerprint density at radius 1 is 1.32 bits per heavy atom. The second-order valence-electron chi connectivity index (χ2n) is 4.91. The Balaban J connectivity index is 2.14. The summed E-state index contributed by atoms with van der Waals surface area (Å²) in [5.41, 5.74) is 2.04. The average molecular weight is 327 g/mol. The van der Waals surface area contributed by atoms with Crippen molar-refractivity contribution in [3.05, 3.63) is 62.8 Å². The number of anilines is 1. The van der Waals surface area contributed by atoms with Crippen LogP contribution in [0.4, 0.5) is 5.69 Å². The van der Waals surface area contributed by atoms with E-state index in [1.54, 1.807) is 11.3 Å². The number of nitriles is 1. The molecule has 3 rings (SSSR count). The van der Waals surface area contributed by atoms with Crippen LogP contribution in [0.25, 0.3) is 0 Å². The number of thiol groups is 1. The van der Waals surface area contributed by atoms with Crippen molar-refractivity contribution >= 4 is 35.6 Å². The van der Waals surface area contributed by atoms with E-state index in [2.05, 4.69) is 17.9 Å². The van der Waals surface area contributed by atoms with Crippen LogP contribution in [0.5, 0.6) is 0 Å². The van der Waals surface area contributed by atoms with Crippen LogP contribution in [-0.2, 0) is 4.79 Å². The van der Waals surface area contributed by atoms with E-state index in [0.29, 0.717) is 5.03 Å². The van der Waals surface area contributed by atoms with Crippen molar-refractivity contribution in [3.63, 3.8) is 0 Å². The number of aryl methyl sites for hydroxylation is 1. The highest BCUT2D eigenvalue weighted by molar-refractivity contribution is 7.84. The normalized spacial score (nSPS) is 18.1. The summed E-state index contributed by atoms with van der Waals surface area (Å²) in [5, 5.41) is 14.4. The lowest BCUT2D eigenvalue weighted by molar-refractivity contribution is -0.118. The predicted molar refractivity (Wildman–Crippen MR) is 90.5 cm³/mol. The standard InChI is InChI=1S/C16H13N3OS2/c1-10-4-6-11(7-5-10)19-14(13-3-2-8-22-13)18-15(20)12(9-17)16(19)21/h2-8,14,21H,1H3,(H,18,20)/t14-/m1/s1. The van der Waals surface area contributed by atoms with Gasteiger partial charge in [-0.25, -0.2) is 0 Å². The minimum absolute atomic E-state index is 0.0247. The summed E-state index contributed by atoms with van der Waals surface area (Å²) in [6.07, 6.45) is -0.361. The Labute approximate surface area is 138 Å². The number of rotatable bonds is 2. The third-order valence-electron chi connectivity index (χ3n) is 3.44. The van der Waals surface area contributed by atoms with Gasteiger partial charge in [0.25, 0.3) is 5.91 Å². The van der Waals surface area contributed by atoms with E-state index in [4.69, 9.17) is 0 Å². The number of benzene rings is 1. The Bertz CT molecular complexity index is 773. The maximum atomic E-state index is 12.1. The number of carbonyl (C=O) groups is 1. The molecule has 0 aliphatic carbocycles. The largest absolute Gasteiger partial charge is 0.326 e. The Morgan fingerprint density at radius 3 is 2.64 bits per heavy atom. The lowest BCUT2D eigenvalue weighted by atomic mass is 10.1. The second kappa shape index (κ2) is 5.87. The number of nitrogens with zero attached hydrogens (tertiary/aromatic N) is 2. The third kappa shape index (κ3) is 2.49. The Morgan fingerprint density at radius 2 is 2.05 bits per heavy atom. The molecule has 1 amide bonds. The van der Waals surface area contributed by atoms with Gasteiger partial charge in [0.1, 0.15) is 17.8 Å². The first-order valence-corrected chi connectivity index (χ1v) is 7.98. The quantitative estimate of drug-likeness (QED) is 0.832. The Hall–Kier alpha value is -2.23. The van der Waals surface area contributed by atoms with Crippen molar-refractivity contribution in [2.75, 3.05) is 4.90 Å². The molecule has 110 valence electrons. The van der Waals surface area contributed by atoms with E-state index >= 15 is 0 Å². The van der Waals surface area contributed by atoms with Gasteiger partial charge in [0.05, 0.1) is 5.03 Å². The number of thiophene rings is 1. The highest BCUT2D eigenvalue weighted by atomic mass is 32.1. The summed E-state index contributed by atoms with van der Waals surface area (Å²) in [6.45, 7) is 2.01. The maximum Gasteiger partial charge on any atom is 0.266 e.